The van der Waals surface area contributed by atoms with Crippen LogP contribution < -0.4 is 0 Å². The minimum Gasteiger partial charge on any atom is -0.469 e. The van der Waals surface area contributed by atoms with E-state index in [-0.39, 0.29) is 38.2 Å². The van der Waals surface area contributed by atoms with E-state index in [1.54, 1.807) is 0 Å². The SMILES string of the molecule is COC(=O)C1CCN(S(=O)(=O)N2CCOC(CO)C2)CC1. The predicted octanol–water partition coefficient (Wildman–Crippen LogP) is -1.19. The third-order valence-electron chi connectivity index (χ3n) is 3.95. The van der Waals surface area contributed by atoms with Crippen LogP contribution in [0.5, 0.6) is 0 Å². The van der Waals surface area contributed by atoms with Crippen LogP contribution in [0.2, 0.25) is 0 Å². The van der Waals surface area contributed by atoms with Gasteiger partial charge in [0.05, 0.1) is 32.3 Å². The van der Waals surface area contributed by atoms with Crippen molar-refractivity contribution in [3.05, 3.63) is 0 Å². The number of hydrogen-bond acceptors (Lipinski definition) is 6. The molecule has 0 saturated carbocycles. The Morgan fingerprint density at radius 2 is 1.95 bits per heavy atom. The highest BCUT2D eigenvalue weighted by Gasteiger charge is 2.37. The third kappa shape index (κ3) is 3.72. The summed E-state index contributed by atoms with van der Waals surface area (Å²) >= 11 is 0. The quantitative estimate of drug-likeness (QED) is 0.654. The van der Waals surface area contributed by atoms with E-state index in [1.165, 1.54) is 15.7 Å². The number of aliphatic hydroxyl groups is 1. The van der Waals surface area contributed by atoms with Crippen LogP contribution in [0.3, 0.4) is 0 Å². The van der Waals surface area contributed by atoms with Crippen molar-refractivity contribution in [1.82, 2.24) is 8.61 Å². The molecule has 0 aromatic rings. The van der Waals surface area contributed by atoms with Crippen LogP contribution in [0.4, 0.5) is 0 Å². The molecule has 2 aliphatic heterocycles. The van der Waals surface area contributed by atoms with Crippen LogP contribution in [0.15, 0.2) is 0 Å². The molecule has 2 fully saturated rings. The van der Waals surface area contributed by atoms with Gasteiger partial charge in [-0.25, -0.2) is 0 Å². The van der Waals surface area contributed by atoms with Gasteiger partial charge >= 0.3 is 5.97 Å². The Kier molecular flexibility index (Phi) is 5.55. The molecule has 1 N–H and O–H groups in total. The first kappa shape index (κ1) is 16.6. The third-order valence-corrected chi connectivity index (χ3v) is 5.95. The van der Waals surface area contributed by atoms with Crippen molar-refractivity contribution < 1.29 is 27.8 Å². The fraction of sp³-hybridized carbons (Fsp3) is 0.917. The van der Waals surface area contributed by atoms with Gasteiger partial charge in [-0.3, -0.25) is 4.79 Å². The number of hydrogen-bond donors (Lipinski definition) is 1. The van der Waals surface area contributed by atoms with Gasteiger partial charge in [0.1, 0.15) is 0 Å². The zero-order valence-electron chi connectivity index (χ0n) is 12.1. The lowest BCUT2D eigenvalue weighted by atomic mass is 9.99. The van der Waals surface area contributed by atoms with E-state index in [0.717, 1.165) is 0 Å². The summed E-state index contributed by atoms with van der Waals surface area (Å²) in [5.74, 6) is -0.505. The highest BCUT2D eigenvalue weighted by molar-refractivity contribution is 7.86. The maximum atomic E-state index is 12.5. The molecule has 2 heterocycles. The molecule has 0 radical (unpaired) electrons. The Morgan fingerprint density at radius 1 is 1.29 bits per heavy atom. The summed E-state index contributed by atoms with van der Waals surface area (Å²) in [5.41, 5.74) is 0. The normalized spacial score (nSPS) is 26.7. The number of ether oxygens (including phenoxy) is 2. The molecular formula is C12H22N2O6S. The summed E-state index contributed by atoms with van der Waals surface area (Å²) < 4.78 is 37.8. The summed E-state index contributed by atoms with van der Waals surface area (Å²) in [6.45, 7) is 1.15. The van der Waals surface area contributed by atoms with Crippen LogP contribution in [-0.2, 0) is 24.5 Å². The second-order valence-electron chi connectivity index (χ2n) is 5.24. The zero-order valence-corrected chi connectivity index (χ0v) is 12.9. The minimum atomic E-state index is -3.56. The van der Waals surface area contributed by atoms with Gasteiger partial charge in [0.25, 0.3) is 10.2 Å². The summed E-state index contributed by atoms with van der Waals surface area (Å²) in [5, 5.41) is 9.10. The van der Waals surface area contributed by atoms with Gasteiger partial charge in [-0.2, -0.15) is 17.0 Å². The standard InChI is InChI=1S/C12H22N2O6S/c1-19-12(16)10-2-4-13(5-3-10)21(17,18)14-6-7-20-11(8-14)9-15/h10-11,15H,2-9H2,1H3. The Bertz CT molecular complexity index is 460. The van der Waals surface area contributed by atoms with Gasteiger partial charge in [-0.15, -0.1) is 0 Å². The molecule has 0 aromatic heterocycles. The van der Waals surface area contributed by atoms with Crippen LogP contribution in [0.1, 0.15) is 12.8 Å². The number of nitrogens with zero attached hydrogens (tertiary/aromatic N) is 2. The highest BCUT2D eigenvalue weighted by Crippen LogP contribution is 2.23. The molecule has 0 bridgehead atoms. The van der Waals surface area contributed by atoms with E-state index in [9.17, 15) is 13.2 Å². The van der Waals surface area contributed by atoms with Crippen LogP contribution in [0.25, 0.3) is 0 Å². The Balaban J connectivity index is 1.96. The van der Waals surface area contributed by atoms with Crippen molar-refractivity contribution in [2.24, 2.45) is 5.92 Å². The summed E-state index contributed by atoms with van der Waals surface area (Å²) in [6, 6.07) is 0. The lowest BCUT2D eigenvalue weighted by molar-refractivity contribution is -0.146. The predicted molar refractivity (Wildman–Crippen MR) is 73.6 cm³/mol. The number of aliphatic hydroxyl groups excluding tert-OH is 1. The molecule has 0 spiro atoms. The average Bonchev–Trinajstić information content (AvgIpc) is 2.54. The number of carbonyl (C=O) groups is 1. The molecule has 0 amide bonds. The lowest BCUT2D eigenvalue weighted by Crippen LogP contribution is -2.53. The molecule has 9 heteroatoms. The van der Waals surface area contributed by atoms with Crippen molar-refractivity contribution in [2.45, 2.75) is 18.9 Å². The number of piperidine rings is 1. The maximum absolute atomic E-state index is 12.5. The molecule has 122 valence electrons. The van der Waals surface area contributed by atoms with Gasteiger partial charge < -0.3 is 14.6 Å². The van der Waals surface area contributed by atoms with Crippen LogP contribution >= 0.6 is 0 Å². The van der Waals surface area contributed by atoms with Gasteiger partial charge in [0, 0.05) is 26.2 Å². The summed E-state index contributed by atoms with van der Waals surface area (Å²) in [7, 11) is -2.22. The Labute approximate surface area is 124 Å². The van der Waals surface area contributed by atoms with E-state index in [4.69, 9.17) is 14.6 Å². The van der Waals surface area contributed by atoms with Crippen LogP contribution in [0, 0.1) is 5.92 Å². The first-order valence-electron chi connectivity index (χ1n) is 7.04. The number of esters is 1. The van der Waals surface area contributed by atoms with Gasteiger partial charge in [0.2, 0.25) is 0 Å². The molecule has 1 unspecified atom stereocenters. The second-order valence-corrected chi connectivity index (χ2v) is 7.17. The number of methoxy groups -OCH3 is 1. The number of morpholine rings is 1. The van der Waals surface area contributed by atoms with Gasteiger partial charge in [-0.1, -0.05) is 0 Å². The maximum Gasteiger partial charge on any atom is 0.308 e. The molecule has 2 saturated heterocycles. The molecule has 8 nitrogen and oxygen atoms in total. The van der Waals surface area contributed by atoms with E-state index in [1.807, 2.05) is 0 Å². The highest BCUT2D eigenvalue weighted by atomic mass is 32.2. The largest absolute Gasteiger partial charge is 0.469 e. The Hall–Kier alpha value is -0.740. The molecule has 2 rings (SSSR count). The molecule has 21 heavy (non-hydrogen) atoms. The van der Waals surface area contributed by atoms with Gasteiger partial charge in [-0.05, 0) is 12.8 Å². The smallest absolute Gasteiger partial charge is 0.308 e. The number of carbonyl (C=O) groups excluding carboxylic acids is 1. The van der Waals surface area contributed by atoms with E-state index < -0.39 is 16.3 Å². The Morgan fingerprint density at radius 3 is 2.52 bits per heavy atom. The van der Waals surface area contributed by atoms with E-state index in [0.29, 0.717) is 25.9 Å². The minimum absolute atomic E-state index is 0.162. The van der Waals surface area contributed by atoms with Gasteiger partial charge in [0.15, 0.2) is 0 Å². The van der Waals surface area contributed by atoms with Crippen LogP contribution in [-0.4, -0.2) is 80.7 Å². The van der Waals surface area contributed by atoms with Crippen molar-refractivity contribution in [3.8, 4) is 0 Å². The van der Waals surface area contributed by atoms with Crippen molar-refractivity contribution >= 4 is 16.2 Å². The fourth-order valence-corrected chi connectivity index (χ4v) is 4.32. The van der Waals surface area contributed by atoms with Crippen molar-refractivity contribution in [1.29, 1.82) is 0 Å². The van der Waals surface area contributed by atoms with Crippen molar-refractivity contribution in [3.63, 3.8) is 0 Å². The van der Waals surface area contributed by atoms with E-state index >= 15 is 0 Å². The first-order valence-corrected chi connectivity index (χ1v) is 8.44. The summed E-state index contributed by atoms with van der Waals surface area (Å²) in [4.78, 5) is 11.5. The van der Waals surface area contributed by atoms with E-state index in [2.05, 4.69) is 0 Å². The molecule has 2 aliphatic rings. The fourth-order valence-electron chi connectivity index (χ4n) is 2.66. The molecule has 0 aromatic carbocycles. The van der Waals surface area contributed by atoms with Crippen molar-refractivity contribution in [2.75, 3.05) is 46.5 Å². The molecule has 0 aliphatic carbocycles. The zero-order chi connectivity index (χ0) is 15.5. The topological polar surface area (TPSA) is 96.4 Å². The lowest BCUT2D eigenvalue weighted by Gasteiger charge is -2.37. The summed E-state index contributed by atoms with van der Waals surface area (Å²) in [6.07, 6.45) is 0.473. The molecule has 1 atom stereocenters. The average molecular weight is 322 g/mol. The molecular weight excluding hydrogens is 300 g/mol. The monoisotopic (exact) mass is 322 g/mol. The number of rotatable bonds is 4. The first-order chi connectivity index (χ1) is 9.98. The second kappa shape index (κ2) is 7.01.